The van der Waals surface area contributed by atoms with E-state index in [2.05, 4.69) is 5.32 Å². The third-order valence-corrected chi connectivity index (χ3v) is 3.87. The number of aliphatic hydroxyl groups excluding tert-OH is 1. The van der Waals surface area contributed by atoms with Crippen molar-refractivity contribution < 1.29 is 19.4 Å². The van der Waals surface area contributed by atoms with Gasteiger partial charge in [-0.05, 0) is 31.0 Å². The summed E-state index contributed by atoms with van der Waals surface area (Å²) >= 11 is 0. The van der Waals surface area contributed by atoms with Gasteiger partial charge in [-0.15, -0.1) is 0 Å². The van der Waals surface area contributed by atoms with Crippen LogP contribution in [0, 0.1) is 11.2 Å². The fraction of sp³-hybridized carbons (Fsp3) is 0.500. The van der Waals surface area contributed by atoms with Gasteiger partial charge < -0.3 is 15.5 Å². The van der Waals surface area contributed by atoms with Crippen LogP contribution in [0.25, 0.3) is 0 Å². The number of anilines is 1. The molecule has 1 aromatic rings. The van der Waals surface area contributed by atoms with Crippen LogP contribution in [0.5, 0.6) is 0 Å². The van der Waals surface area contributed by atoms with Crippen molar-refractivity contribution in [3.8, 4) is 0 Å². The Morgan fingerprint density at radius 3 is 2.58 bits per heavy atom. The highest BCUT2D eigenvalue weighted by Gasteiger charge is 2.32. The molecule has 1 fully saturated rings. The van der Waals surface area contributed by atoms with Crippen LogP contribution in [0.4, 0.5) is 10.1 Å². The minimum atomic E-state index is -1.27. The lowest BCUT2D eigenvalue weighted by molar-refractivity contribution is 0.0692. The van der Waals surface area contributed by atoms with Crippen molar-refractivity contribution in [2.45, 2.75) is 25.7 Å². The molecule has 0 bridgehead atoms. The maximum atomic E-state index is 13.5. The maximum absolute atomic E-state index is 13.5. The van der Waals surface area contributed by atoms with Crippen LogP contribution in [0.15, 0.2) is 18.2 Å². The Kier molecular flexibility index (Phi) is 4.04. The number of rotatable bonds is 5. The van der Waals surface area contributed by atoms with E-state index in [1.165, 1.54) is 12.1 Å². The predicted octanol–water partition coefficient (Wildman–Crippen LogP) is 2.49. The van der Waals surface area contributed by atoms with Crippen LogP contribution >= 0.6 is 0 Å². The van der Waals surface area contributed by atoms with E-state index in [0.717, 1.165) is 25.7 Å². The fourth-order valence-corrected chi connectivity index (χ4v) is 2.60. The van der Waals surface area contributed by atoms with Gasteiger partial charge in [0, 0.05) is 17.6 Å². The molecule has 104 valence electrons. The average Bonchev–Trinajstić information content (AvgIpc) is 2.85. The second-order valence-corrected chi connectivity index (χ2v) is 5.22. The first-order chi connectivity index (χ1) is 9.06. The van der Waals surface area contributed by atoms with Gasteiger partial charge in [-0.2, -0.15) is 0 Å². The summed E-state index contributed by atoms with van der Waals surface area (Å²) in [4.78, 5) is 10.7. The molecule has 0 saturated heterocycles. The smallest absolute Gasteiger partial charge is 0.338 e. The van der Waals surface area contributed by atoms with Crippen LogP contribution in [0.2, 0.25) is 0 Å². The van der Waals surface area contributed by atoms with Gasteiger partial charge in [-0.3, -0.25) is 0 Å². The molecule has 0 heterocycles. The molecule has 0 unspecified atom stereocenters. The lowest BCUT2D eigenvalue weighted by atomic mass is 9.87. The summed E-state index contributed by atoms with van der Waals surface area (Å²) in [5.41, 5.74) is 0.0904. The lowest BCUT2D eigenvalue weighted by Gasteiger charge is -2.27. The lowest BCUT2D eigenvalue weighted by Crippen LogP contribution is -2.30. The molecular weight excluding hydrogens is 249 g/mol. The second-order valence-electron chi connectivity index (χ2n) is 5.22. The van der Waals surface area contributed by atoms with E-state index < -0.39 is 11.8 Å². The molecule has 4 nitrogen and oxygen atoms in total. The van der Waals surface area contributed by atoms with Gasteiger partial charge in [0.2, 0.25) is 0 Å². The van der Waals surface area contributed by atoms with Crippen molar-refractivity contribution in [3.05, 3.63) is 29.6 Å². The predicted molar refractivity (Wildman–Crippen MR) is 69.8 cm³/mol. The highest BCUT2D eigenvalue weighted by molar-refractivity contribution is 5.88. The molecule has 0 atom stereocenters. The molecule has 1 aliphatic carbocycles. The molecule has 0 aromatic heterocycles. The molecule has 1 aliphatic rings. The molecule has 0 amide bonds. The highest BCUT2D eigenvalue weighted by atomic mass is 19.1. The number of nitrogens with one attached hydrogen (secondary N) is 1. The van der Waals surface area contributed by atoms with Crippen molar-refractivity contribution in [3.63, 3.8) is 0 Å². The van der Waals surface area contributed by atoms with Crippen molar-refractivity contribution >= 4 is 11.7 Å². The third kappa shape index (κ3) is 3.04. The van der Waals surface area contributed by atoms with Crippen molar-refractivity contribution in [1.29, 1.82) is 0 Å². The summed E-state index contributed by atoms with van der Waals surface area (Å²) in [6.07, 6.45) is 4.14. The van der Waals surface area contributed by atoms with Crippen molar-refractivity contribution in [1.82, 2.24) is 0 Å². The average molecular weight is 267 g/mol. The summed E-state index contributed by atoms with van der Waals surface area (Å²) in [6.45, 7) is 0.699. The summed E-state index contributed by atoms with van der Waals surface area (Å²) in [5, 5.41) is 21.3. The van der Waals surface area contributed by atoms with Crippen LogP contribution in [-0.2, 0) is 0 Å². The molecule has 1 aromatic carbocycles. The Hall–Kier alpha value is -1.62. The molecule has 2 rings (SSSR count). The van der Waals surface area contributed by atoms with Crippen LogP contribution < -0.4 is 5.32 Å². The monoisotopic (exact) mass is 267 g/mol. The van der Waals surface area contributed by atoms with Gasteiger partial charge in [0.1, 0.15) is 5.82 Å². The van der Waals surface area contributed by atoms with Crippen LogP contribution in [-0.4, -0.2) is 29.3 Å². The Morgan fingerprint density at radius 2 is 2.05 bits per heavy atom. The highest BCUT2D eigenvalue weighted by Crippen LogP contribution is 2.37. The summed E-state index contributed by atoms with van der Waals surface area (Å²) in [7, 11) is 0. The third-order valence-electron chi connectivity index (χ3n) is 3.87. The van der Waals surface area contributed by atoms with Gasteiger partial charge in [0.05, 0.1) is 12.2 Å². The number of aromatic carboxylic acids is 1. The van der Waals surface area contributed by atoms with Crippen molar-refractivity contribution in [2.75, 3.05) is 18.5 Å². The van der Waals surface area contributed by atoms with Gasteiger partial charge in [0.25, 0.3) is 0 Å². The number of carboxylic acids is 1. The summed E-state index contributed by atoms with van der Waals surface area (Å²) < 4.78 is 13.5. The summed E-state index contributed by atoms with van der Waals surface area (Å²) in [6, 6.07) is 3.98. The van der Waals surface area contributed by atoms with Crippen LogP contribution in [0.3, 0.4) is 0 Å². The Morgan fingerprint density at radius 1 is 1.37 bits per heavy atom. The first-order valence-corrected chi connectivity index (χ1v) is 6.44. The first kappa shape index (κ1) is 13.8. The van der Waals surface area contributed by atoms with E-state index in [9.17, 15) is 14.3 Å². The number of carboxylic acid groups (broad SMARTS) is 1. The van der Waals surface area contributed by atoms with E-state index >= 15 is 0 Å². The zero-order chi connectivity index (χ0) is 13.9. The number of benzene rings is 1. The number of aliphatic hydroxyl groups is 1. The number of hydrogen-bond donors (Lipinski definition) is 3. The molecule has 5 heteroatoms. The molecule has 0 aliphatic heterocycles. The largest absolute Gasteiger partial charge is 0.478 e. The second kappa shape index (κ2) is 5.57. The van der Waals surface area contributed by atoms with Crippen molar-refractivity contribution in [2.24, 2.45) is 5.41 Å². The molecule has 3 N–H and O–H groups in total. The number of carbonyl (C=O) groups is 1. The van der Waals surface area contributed by atoms with Gasteiger partial charge in [0.15, 0.2) is 0 Å². The zero-order valence-electron chi connectivity index (χ0n) is 10.7. The maximum Gasteiger partial charge on any atom is 0.338 e. The van der Waals surface area contributed by atoms with Crippen LogP contribution in [0.1, 0.15) is 36.0 Å². The SMILES string of the molecule is O=C(O)c1ccc(NCC2(CO)CCCC2)cc1F. The molecule has 0 spiro atoms. The fourth-order valence-electron chi connectivity index (χ4n) is 2.60. The number of hydrogen-bond acceptors (Lipinski definition) is 3. The Balaban J connectivity index is 2.03. The summed E-state index contributed by atoms with van der Waals surface area (Å²) in [5.74, 6) is -2.02. The minimum absolute atomic E-state index is 0.121. The molecule has 19 heavy (non-hydrogen) atoms. The molecular formula is C14H18FNO3. The van der Waals surface area contributed by atoms with Gasteiger partial charge >= 0.3 is 5.97 Å². The minimum Gasteiger partial charge on any atom is -0.478 e. The standard InChI is InChI=1S/C14H18FNO3/c15-12-7-10(3-4-11(12)13(18)19)16-8-14(9-17)5-1-2-6-14/h3-4,7,16-17H,1-2,5-6,8-9H2,(H,18,19). The van der Waals surface area contributed by atoms with E-state index in [0.29, 0.717) is 12.2 Å². The van der Waals surface area contributed by atoms with Gasteiger partial charge in [-0.1, -0.05) is 12.8 Å². The van der Waals surface area contributed by atoms with E-state index in [-0.39, 0.29) is 17.6 Å². The normalized spacial score (nSPS) is 17.4. The first-order valence-electron chi connectivity index (χ1n) is 6.44. The topological polar surface area (TPSA) is 69.6 Å². The quantitative estimate of drug-likeness (QED) is 0.766. The number of halogens is 1. The molecule has 0 radical (unpaired) electrons. The van der Waals surface area contributed by atoms with E-state index in [1.807, 2.05) is 0 Å². The Bertz CT molecular complexity index is 470. The van der Waals surface area contributed by atoms with E-state index in [4.69, 9.17) is 5.11 Å². The molecule has 1 saturated carbocycles. The van der Waals surface area contributed by atoms with E-state index in [1.54, 1.807) is 6.07 Å². The van der Waals surface area contributed by atoms with Gasteiger partial charge in [-0.25, -0.2) is 9.18 Å². The Labute approximate surface area is 111 Å². The zero-order valence-corrected chi connectivity index (χ0v) is 10.7.